The van der Waals surface area contributed by atoms with Gasteiger partial charge in [0.25, 0.3) is 0 Å². The molecule has 26 heavy (non-hydrogen) atoms. The Morgan fingerprint density at radius 3 is 2.23 bits per heavy atom. The summed E-state index contributed by atoms with van der Waals surface area (Å²) in [6.07, 6.45) is 0.180. The molecule has 1 aromatic carbocycles. The van der Waals surface area contributed by atoms with Crippen LogP contribution in [0, 0.1) is 31.6 Å². The summed E-state index contributed by atoms with van der Waals surface area (Å²) in [4.78, 5) is 24.1. The Hall–Kier alpha value is -1.72. The molecule has 144 valence electrons. The van der Waals surface area contributed by atoms with Crippen LogP contribution in [0.1, 0.15) is 45.7 Å². The maximum atomic E-state index is 12.8. The lowest BCUT2D eigenvalue weighted by atomic mass is 9.83. The van der Waals surface area contributed by atoms with Crippen LogP contribution in [0.5, 0.6) is 5.75 Å². The highest BCUT2D eigenvalue weighted by Crippen LogP contribution is 2.37. The van der Waals surface area contributed by atoms with E-state index >= 15 is 0 Å². The fourth-order valence-corrected chi connectivity index (χ4v) is 3.59. The number of hydrogen-bond donors (Lipinski definition) is 0. The Morgan fingerprint density at radius 1 is 1.15 bits per heavy atom. The summed E-state index contributed by atoms with van der Waals surface area (Å²) in [6.45, 7) is 13.0. The first-order chi connectivity index (χ1) is 12.1. The fourth-order valence-electron chi connectivity index (χ4n) is 3.59. The first-order valence-corrected chi connectivity index (χ1v) is 9.16. The molecule has 0 aliphatic carbocycles. The van der Waals surface area contributed by atoms with Crippen LogP contribution in [-0.4, -0.2) is 30.3 Å². The molecular weight excluding hydrogens is 332 g/mol. The molecule has 5 atom stereocenters. The molecule has 0 amide bonds. The van der Waals surface area contributed by atoms with Crippen LogP contribution >= 0.6 is 0 Å². The molecule has 0 bridgehead atoms. The third-order valence-corrected chi connectivity index (χ3v) is 5.09. The molecule has 0 N–H and O–H groups in total. The summed E-state index contributed by atoms with van der Waals surface area (Å²) in [5, 5.41) is 0. The van der Waals surface area contributed by atoms with Gasteiger partial charge in [-0.1, -0.05) is 32.0 Å². The van der Waals surface area contributed by atoms with Gasteiger partial charge in [-0.15, -0.1) is 0 Å². The molecule has 1 aromatic rings. The molecule has 2 rings (SSSR count). The summed E-state index contributed by atoms with van der Waals surface area (Å²) in [6, 6.07) is 5.76. The topological polar surface area (TPSA) is 61.8 Å². The number of hydrogen-bond acceptors (Lipinski definition) is 5. The lowest BCUT2D eigenvalue weighted by Gasteiger charge is -2.47. The molecule has 1 heterocycles. The minimum Gasteiger partial charge on any atom is -0.426 e. The van der Waals surface area contributed by atoms with Crippen molar-refractivity contribution in [1.82, 2.24) is 0 Å². The third kappa shape index (κ3) is 4.33. The quantitative estimate of drug-likeness (QED) is 0.452. The van der Waals surface area contributed by atoms with Crippen LogP contribution in [0.15, 0.2) is 18.2 Å². The van der Waals surface area contributed by atoms with E-state index in [-0.39, 0.29) is 23.9 Å². The van der Waals surface area contributed by atoms with E-state index in [4.69, 9.17) is 14.2 Å². The van der Waals surface area contributed by atoms with Crippen molar-refractivity contribution in [3.8, 4) is 5.75 Å². The smallest absolute Gasteiger partial charge is 0.316 e. The average molecular weight is 362 g/mol. The van der Waals surface area contributed by atoms with Crippen molar-refractivity contribution in [2.24, 2.45) is 17.8 Å². The van der Waals surface area contributed by atoms with Gasteiger partial charge < -0.3 is 19.0 Å². The molecule has 0 spiro atoms. The third-order valence-electron chi connectivity index (χ3n) is 5.09. The van der Waals surface area contributed by atoms with Crippen LogP contribution in [0.4, 0.5) is 0 Å². The highest BCUT2D eigenvalue weighted by molar-refractivity contribution is 5.76. The number of para-hydroxylation sites is 1. The molecule has 1 aliphatic rings. The summed E-state index contributed by atoms with van der Waals surface area (Å²) in [7, 11) is 0. The number of carbonyl (C=O) groups is 2. The molecule has 0 unspecified atom stereocenters. The van der Waals surface area contributed by atoms with Gasteiger partial charge in [0, 0.05) is 11.8 Å². The van der Waals surface area contributed by atoms with E-state index in [2.05, 4.69) is 0 Å². The van der Waals surface area contributed by atoms with Gasteiger partial charge in [-0.25, -0.2) is 0 Å². The largest absolute Gasteiger partial charge is 0.426 e. The number of esters is 1. The first-order valence-electron chi connectivity index (χ1n) is 9.16. The molecule has 0 radical (unpaired) electrons. The predicted octanol–water partition coefficient (Wildman–Crippen LogP) is 3.84. The zero-order valence-electron chi connectivity index (χ0n) is 16.7. The van der Waals surface area contributed by atoms with Gasteiger partial charge in [-0.3, -0.25) is 4.79 Å². The zero-order valence-corrected chi connectivity index (χ0v) is 16.7. The standard InChI is InChI=1S/C21H30O5/c1-12-9-8-10-13(2)17(12)24-20(23)16(5)19-15(4)18(14(3)11-22)25-21(6,7)26-19/h8-11,14-16,18-19H,1-7H3/t14-,15-,16+,18+,19+/m1/s1. The number of aryl methyl sites for hydroxylation is 2. The minimum atomic E-state index is -0.869. The molecular formula is C21H30O5. The van der Waals surface area contributed by atoms with Crippen LogP contribution in [0.3, 0.4) is 0 Å². The molecule has 1 aliphatic heterocycles. The van der Waals surface area contributed by atoms with E-state index in [0.29, 0.717) is 5.75 Å². The average Bonchev–Trinajstić information content (AvgIpc) is 2.58. The second-order valence-electron chi connectivity index (χ2n) is 7.85. The number of carbonyl (C=O) groups excluding carboxylic acids is 2. The van der Waals surface area contributed by atoms with Crippen LogP contribution in [0.25, 0.3) is 0 Å². The van der Waals surface area contributed by atoms with E-state index in [0.717, 1.165) is 17.4 Å². The molecule has 0 saturated carbocycles. The van der Waals surface area contributed by atoms with Crippen molar-refractivity contribution >= 4 is 12.3 Å². The van der Waals surface area contributed by atoms with Crippen molar-refractivity contribution < 1.29 is 23.8 Å². The van der Waals surface area contributed by atoms with Crippen molar-refractivity contribution in [2.45, 2.75) is 66.5 Å². The summed E-state index contributed by atoms with van der Waals surface area (Å²) < 4.78 is 17.7. The highest BCUT2D eigenvalue weighted by atomic mass is 16.7. The van der Waals surface area contributed by atoms with Crippen LogP contribution in [0.2, 0.25) is 0 Å². The Labute approximate surface area is 156 Å². The maximum Gasteiger partial charge on any atom is 0.316 e. The number of rotatable bonds is 5. The van der Waals surface area contributed by atoms with Crippen molar-refractivity contribution in [3.63, 3.8) is 0 Å². The summed E-state index contributed by atoms with van der Waals surface area (Å²) in [5.41, 5.74) is 1.83. The van der Waals surface area contributed by atoms with Crippen molar-refractivity contribution in [2.75, 3.05) is 0 Å². The minimum absolute atomic E-state index is 0.122. The maximum absolute atomic E-state index is 12.8. The number of benzene rings is 1. The highest BCUT2D eigenvalue weighted by Gasteiger charge is 2.47. The monoisotopic (exact) mass is 362 g/mol. The Morgan fingerprint density at radius 2 is 1.69 bits per heavy atom. The summed E-state index contributed by atoms with van der Waals surface area (Å²) >= 11 is 0. The number of ether oxygens (including phenoxy) is 3. The fraction of sp³-hybridized carbons (Fsp3) is 0.619. The van der Waals surface area contributed by atoms with Gasteiger partial charge in [-0.2, -0.15) is 0 Å². The molecule has 1 saturated heterocycles. The SMILES string of the molecule is Cc1cccc(C)c1OC(=O)[C@@H](C)[C@H]1OC(C)(C)O[C@@H]([C@H](C)C=O)[C@H]1C. The molecule has 5 nitrogen and oxygen atoms in total. The molecule has 1 fully saturated rings. The Kier molecular flexibility index (Phi) is 6.25. The lowest BCUT2D eigenvalue weighted by molar-refractivity contribution is -0.330. The van der Waals surface area contributed by atoms with Crippen LogP contribution in [-0.2, 0) is 19.1 Å². The van der Waals surface area contributed by atoms with Crippen LogP contribution < -0.4 is 4.74 Å². The number of aldehydes is 1. The lowest BCUT2D eigenvalue weighted by Crippen LogP contribution is -2.55. The van der Waals surface area contributed by atoms with Gasteiger partial charge >= 0.3 is 5.97 Å². The van der Waals surface area contributed by atoms with E-state index in [1.807, 2.05) is 45.9 Å². The Balaban J connectivity index is 2.21. The second-order valence-corrected chi connectivity index (χ2v) is 7.85. The normalized spacial score (nSPS) is 27.4. The predicted molar refractivity (Wildman–Crippen MR) is 98.9 cm³/mol. The van der Waals surface area contributed by atoms with Crippen molar-refractivity contribution in [3.05, 3.63) is 29.3 Å². The second kappa shape index (κ2) is 7.89. The van der Waals surface area contributed by atoms with E-state index in [1.165, 1.54) is 0 Å². The molecule has 5 heteroatoms. The van der Waals surface area contributed by atoms with Crippen molar-refractivity contribution in [1.29, 1.82) is 0 Å². The van der Waals surface area contributed by atoms with Gasteiger partial charge in [0.15, 0.2) is 5.79 Å². The zero-order chi connectivity index (χ0) is 19.6. The van der Waals surface area contributed by atoms with Gasteiger partial charge in [0.1, 0.15) is 12.0 Å². The first kappa shape index (κ1) is 20.6. The van der Waals surface area contributed by atoms with Gasteiger partial charge in [-0.05, 0) is 45.7 Å². The van der Waals surface area contributed by atoms with E-state index in [9.17, 15) is 9.59 Å². The van der Waals surface area contributed by atoms with E-state index in [1.54, 1.807) is 20.8 Å². The van der Waals surface area contributed by atoms with Gasteiger partial charge in [0.2, 0.25) is 0 Å². The molecule has 0 aromatic heterocycles. The summed E-state index contributed by atoms with van der Waals surface area (Å²) in [5.74, 6) is -1.50. The van der Waals surface area contributed by atoms with Gasteiger partial charge in [0.05, 0.1) is 18.1 Å². The van der Waals surface area contributed by atoms with E-state index < -0.39 is 17.8 Å². The Bertz CT molecular complexity index is 646.